The molecular formula is C20H18ClN3O2S. The Bertz CT molecular complexity index is 984. The van der Waals surface area contributed by atoms with Gasteiger partial charge in [-0.1, -0.05) is 23.7 Å². The van der Waals surface area contributed by atoms with E-state index in [4.69, 9.17) is 21.4 Å². The van der Waals surface area contributed by atoms with E-state index in [9.17, 15) is 4.79 Å². The predicted octanol–water partition coefficient (Wildman–Crippen LogP) is 4.62. The van der Waals surface area contributed by atoms with Crippen molar-refractivity contribution in [2.75, 3.05) is 18.2 Å². The predicted molar refractivity (Wildman–Crippen MR) is 109 cm³/mol. The number of benzene rings is 2. The van der Waals surface area contributed by atoms with Crippen LogP contribution in [0.4, 0.5) is 5.82 Å². The van der Waals surface area contributed by atoms with Crippen LogP contribution < -0.4 is 10.1 Å². The van der Waals surface area contributed by atoms with Crippen LogP contribution in [0.15, 0.2) is 48.5 Å². The quantitative estimate of drug-likeness (QED) is 0.698. The molecule has 0 unspecified atom stereocenters. The molecule has 0 spiro atoms. The van der Waals surface area contributed by atoms with Crippen molar-refractivity contribution >= 4 is 35.1 Å². The first-order valence-electron chi connectivity index (χ1n) is 8.47. The van der Waals surface area contributed by atoms with Gasteiger partial charge in [-0.25, -0.2) is 4.68 Å². The van der Waals surface area contributed by atoms with Crippen molar-refractivity contribution < 1.29 is 9.53 Å². The Labute approximate surface area is 166 Å². The number of amides is 1. The maximum atomic E-state index is 12.4. The summed E-state index contributed by atoms with van der Waals surface area (Å²) in [6.07, 6.45) is 0. The number of carbonyl (C=O) groups is 1. The molecule has 2 heterocycles. The van der Waals surface area contributed by atoms with E-state index in [0.29, 0.717) is 16.6 Å². The fraction of sp³-hybridized carbons (Fsp3) is 0.200. The molecule has 0 saturated heterocycles. The van der Waals surface area contributed by atoms with Gasteiger partial charge in [-0.2, -0.15) is 5.10 Å². The average Bonchev–Trinajstić information content (AvgIpc) is 2.88. The van der Waals surface area contributed by atoms with Gasteiger partial charge >= 0.3 is 0 Å². The molecule has 138 valence electrons. The number of aryl methyl sites for hydroxylation is 1. The number of halogens is 1. The lowest BCUT2D eigenvalue weighted by Gasteiger charge is -2.16. The third-order valence-electron chi connectivity index (χ3n) is 4.50. The Kier molecular flexibility index (Phi) is 4.85. The van der Waals surface area contributed by atoms with Gasteiger partial charge in [-0.15, -0.1) is 11.8 Å². The first-order chi connectivity index (χ1) is 13.1. The number of hydrogen-bond acceptors (Lipinski definition) is 4. The first-order valence-corrected chi connectivity index (χ1v) is 9.90. The molecule has 1 aliphatic heterocycles. The number of ether oxygens (including phenoxy) is 1. The zero-order valence-electron chi connectivity index (χ0n) is 14.9. The minimum atomic E-state index is -0.0348. The van der Waals surface area contributed by atoms with E-state index in [2.05, 4.69) is 5.32 Å². The molecule has 0 saturated carbocycles. The van der Waals surface area contributed by atoms with Crippen LogP contribution in [0, 0.1) is 6.92 Å². The second-order valence-electron chi connectivity index (χ2n) is 6.25. The highest BCUT2D eigenvalue weighted by Crippen LogP contribution is 2.44. The second kappa shape index (κ2) is 7.29. The molecule has 0 fully saturated rings. The first kappa shape index (κ1) is 17.9. The van der Waals surface area contributed by atoms with Gasteiger partial charge in [0.2, 0.25) is 5.91 Å². The molecule has 27 heavy (non-hydrogen) atoms. The standard InChI is InChI=1S/C20H18ClN3O2S/c1-12-18-19(13-3-9-16(26-2)10-4-13)27-11-17(25)22-20(18)24(23-12)15-7-5-14(21)6-8-15/h3-10,19H,11H2,1-2H3,(H,22,25)/t19-/m1/s1. The molecular weight excluding hydrogens is 382 g/mol. The van der Waals surface area contributed by atoms with Gasteiger partial charge in [-0.3, -0.25) is 4.79 Å². The highest BCUT2D eigenvalue weighted by molar-refractivity contribution is 8.00. The lowest BCUT2D eigenvalue weighted by molar-refractivity contribution is -0.113. The SMILES string of the molecule is COc1ccc([C@H]2SCC(=O)Nc3c2c(C)nn3-c2ccc(Cl)cc2)cc1. The maximum Gasteiger partial charge on any atom is 0.235 e. The molecule has 1 atom stereocenters. The molecule has 1 N–H and O–H groups in total. The van der Waals surface area contributed by atoms with Gasteiger partial charge in [-0.05, 0) is 48.9 Å². The Balaban J connectivity index is 1.84. The highest BCUT2D eigenvalue weighted by atomic mass is 35.5. The zero-order chi connectivity index (χ0) is 19.0. The summed E-state index contributed by atoms with van der Waals surface area (Å²) < 4.78 is 7.04. The Hall–Kier alpha value is -2.44. The van der Waals surface area contributed by atoms with Crippen LogP contribution in [-0.4, -0.2) is 28.6 Å². The lowest BCUT2D eigenvalue weighted by atomic mass is 10.0. The number of anilines is 1. The number of methoxy groups -OCH3 is 1. The molecule has 5 nitrogen and oxygen atoms in total. The Morgan fingerprint density at radius 3 is 2.56 bits per heavy atom. The molecule has 4 rings (SSSR count). The summed E-state index contributed by atoms with van der Waals surface area (Å²) in [7, 11) is 1.65. The number of nitrogens with one attached hydrogen (secondary N) is 1. The van der Waals surface area contributed by atoms with Crippen molar-refractivity contribution in [2.24, 2.45) is 0 Å². The van der Waals surface area contributed by atoms with Crippen molar-refractivity contribution in [3.05, 3.63) is 70.4 Å². The topological polar surface area (TPSA) is 56.1 Å². The van der Waals surface area contributed by atoms with Crippen LogP contribution in [0.3, 0.4) is 0 Å². The summed E-state index contributed by atoms with van der Waals surface area (Å²) in [6.45, 7) is 1.97. The van der Waals surface area contributed by atoms with Crippen molar-refractivity contribution in [2.45, 2.75) is 12.2 Å². The molecule has 1 aromatic heterocycles. The van der Waals surface area contributed by atoms with Crippen LogP contribution in [-0.2, 0) is 4.79 Å². The fourth-order valence-electron chi connectivity index (χ4n) is 3.19. The molecule has 7 heteroatoms. The fourth-order valence-corrected chi connectivity index (χ4v) is 4.51. The Morgan fingerprint density at radius 2 is 1.89 bits per heavy atom. The number of hydrogen-bond donors (Lipinski definition) is 1. The molecule has 2 aromatic carbocycles. The van der Waals surface area contributed by atoms with Crippen LogP contribution in [0.25, 0.3) is 5.69 Å². The summed E-state index contributed by atoms with van der Waals surface area (Å²) in [5.41, 5.74) is 3.86. The van der Waals surface area contributed by atoms with Gasteiger partial charge in [0.1, 0.15) is 11.6 Å². The number of rotatable bonds is 3. The summed E-state index contributed by atoms with van der Waals surface area (Å²) >= 11 is 7.61. The number of thioether (sulfide) groups is 1. The van der Waals surface area contributed by atoms with Gasteiger partial charge in [0.25, 0.3) is 0 Å². The lowest BCUT2D eigenvalue weighted by Crippen LogP contribution is -2.15. The van der Waals surface area contributed by atoms with E-state index >= 15 is 0 Å². The minimum absolute atomic E-state index is 0.00547. The molecule has 3 aromatic rings. The summed E-state index contributed by atoms with van der Waals surface area (Å²) in [4.78, 5) is 12.4. The van der Waals surface area contributed by atoms with E-state index in [-0.39, 0.29) is 11.2 Å². The normalized spacial score (nSPS) is 16.4. The summed E-state index contributed by atoms with van der Waals surface area (Å²) in [6, 6.07) is 15.4. The monoisotopic (exact) mass is 399 g/mol. The van der Waals surface area contributed by atoms with E-state index in [1.54, 1.807) is 23.6 Å². The average molecular weight is 400 g/mol. The van der Waals surface area contributed by atoms with Crippen LogP contribution in [0.5, 0.6) is 5.75 Å². The second-order valence-corrected chi connectivity index (χ2v) is 7.78. The maximum absolute atomic E-state index is 12.4. The van der Waals surface area contributed by atoms with Gasteiger partial charge in [0.15, 0.2) is 0 Å². The van der Waals surface area contributed by atoms with Crippen LogP contribution in [0.2, 0.25) is 5.02 Å². The number of fused-ring (bicyclic) bond motifs is 1. The largest absolute Gasteiger partial charge is 0.497 e. The molecule has 1 aliphatic rings. The third-order valence-corrected chi connectivity index (χ3v) is 6.02. The van der Waals surface area contributed by atoms with Gasteiger partial charge in [0, 0.05) is 10.6 Å². The smallest absolute Gasteiger partial charge is 0.235 e. The summed E-state index contributed by atoms with van der Waals surface area (Å²) in [5, 5.41) is 8.39. The van der Waals surface area contributed by atoms with E-state index in [1.165, 1.54) is 0 Å². The van der Waals surface area contributed by atoms with Crippen LogP contribution in [0.1, 0.15) is 22.1 Å². The Morgan fingerprint density at radius 1 is 1.19 bits per heavy atom. The van der Waals surface area contributed by atoms with E-state index in [1.807, 2.05) is 55.5 Å². The van der Waals surface area contributed by atoms with Crippen molar-refractivity contribution in [3.63, 3.8) is 0 Å². The molecule has 0 aliphatic carbocycles. The number of nitrogens with zero attached hydrogens (tertiary/aromatic N) is 2. The molecule has 0 bridgehead atoms. The van der Waals surface area contributed by atoms with Crippen molar-refractivity contribution in [3.8, 4) is 11.4 Å². The number of carbonyl (C=O) groups excluding carboxylic acids is 1. The van der Waals surface area contributed by atoms with Crippen LogP contribution >= 0.6 is 23.4 Å². The zero-order valence-corrected chi connectivity index (χ0v) is 16.5. The van der Waals surface area contributed by atoms with Gasteiger partial charge in [0.05, 0.1) is 29.5 Å². The molecule has 0 radical (unpaired) electrons. The van der Waals surface area contributed by atoms with E-state index in [0.717, 1.165) is 28.3 Å². The van der Waals surface area contributed by atoms with E-state index < -0.39 is 0 Å². The summed E-state index contributed by atoms with van der Waals surface area (Å²) in [5.74, 6) is 1.87. The number of aromatic nitrogens is 2. The highest BCUT2D eigenvalue weighted by Gasteiger charge is 2.30. The third kappa shape index (κ3) is 3.42. The molecule has 1 amide bonds. The van der Waals surface area contributed by atoms with Crippen molar-refractivity contribution in [1.82, 2.24) is 9.78 Å². The van der Waals surface area contributed by atoms with Gasteiger partial charge < -0.3 is 10.1 Å². The van der Waals surface area contributed by atoms with Crippen molar-refractivity contribution in [1.29, 1.82) is 0 Å². The minimum Gasteiger partial charge on any atom is -0.497 e.